The smallest absolute Gasteiger partial charge is 0.237 e. The first-order valence-electron chi connectivity index (χ1n) is 10.1. The van der Waals surface area contributed by atoms with E-state index < -0.39 is 5.60 Å². The zero-order valence-corrected chi connectivity index (χ0v) is 17.7. The molecular weight excluding hydrogens is 411 g/mol. The van der Waals surface area contributed by atoms with E-state index in [0.717, 1.165) is 48.6 Å². The van der Waals surface area contributed by atoms with Crippen LogP contribution in [0.4, 0.5) is 4.39 Å². The third-order valence-corrected chi connectivity index (χ3v) is 6.70. The van der Waals surface area contributed by atoms with Gasteiger partial charge in [-0.15, -0.1) is 0 Å². The summed E-state index contributed by atoms with van der Waals surface area (Å²) >= 11 is 3.53. The van der Waals surface area contributed by atoms with E-state index in [9.17, 15) is 14.3 Å². The molecule has 1 aromatic rings. The molecule has 2 N–H and O–H groups in total. The van der Waals surface area contributed by atoms with E-state index in [2.05, 4.69) is 28.2 Å². The summed E-state index contributed by atoms with van der Waals surface area (Å²) < 4.78 is 15.5. The lowest BCUT2D eigenvalue weighted by atomic mass is 9.85. The highest BCUT2D eigenvalue weighted by Crippen LogP contribution is 2.38. The molecule has 27 heavy (non-hydrogen) atoms. The highest BCUT2D eigenvalue weighted by molar-refractivity contribution is 9.10. The van der Waals surface area contributed by atoms with Crippen LogP contribution in [0.15, 0.2) is 16.6 Å². The summed E-state index contributed by atoms with van der Waals surface area (Å²) in [5.74, 6) is -0.244. The van der Waals surface area contributed by atoms with Gasteiger partial charge in [0.15, 0.2) is 0 Å². The van der Waals surface area contributed by atoms with Crippen molar-refractivity contribution in [1.82, 2.24) is 10.2 Å². The minimum Gasteiger partial charge on any atom is -0.389 e. The maximum atomic E-state index is 14.6. The van der Waals surface area contributed by atoms with Gasteiger partial charge in [0.1, 0.15) is 5.82 Å². The lowest BCUT2D eigenvalue weighted by molar-refractivity contribution is -0.133. The normalized spacial score (nSPS) is 21.8. The third kappa shape index (κ3) is 4.72. The first-order chi connectivity index (χ1) is 12.9. The Morgan fingerprint density at radius 1 is 1.37 bits per heavy atom. The molecule has 0 bridgehead atoms. The molecule has 1 aromatic carbocycles. The van der Waals surface area contributed by atoms with Gasteiger partial charge in [0, 0.05) is 23.1 Å². The van der Waals surface area contributed by atoms with Gasteiger partial charge in [0.25, 0.3) is 0 Å². The van der Waals surface area contributed by atoms with Crippen molar-refractivity contribution in [2.24, 2.45) is 0 Å². The molecule has 0 saturated heterocycles. The molecule has 6 heteroatoms. The average molecular weight is 441 g/mol. The molecule has 1 saturated carbocycles. The minimum atomic E-state index is -0.688. The number of nitrogens with zero attached hydrogens (tertiary/aromatic N) is 1. The fourth-order valence-corrected chi connectivity index (χ4v) is 5.07. The van der Waals surface area contributed by atoms with Crippen molar-refractivity contribution >= 4 is 21.8 Å². The summed E-state index contributed by atoms with van der Waals surface area (Å²) in [6.07, 6.45) is 7.14. The van der Waals surface area contributed by atoms with E-state index >= 15 is 0 Å². The second kappa shape index (κ2) is 9.01. The van der Waals surface area contributed by atoms with E-state index in [0.29, 0.717) is 25.1 Å². The second-order valence-electron chi connectivity index (χ2n) is 7.95. The molecule has 0 radical (unpaired) electrons. The number of benzene rings is 1. The van der Waals surface area contributed by atoms with Crippen LogP contribution in [0.1, 0.15) is 69.0 Å². The largest absolute Gasteiger partial charge is 0.389 e. The molecule has 0 aromatic heterocycles. The highest BCUT2D eigenvalue weighted by atomic mass is 79.9. The summed E-state index contributed by atoms with van der Waals surface area (Å²) in [6, 6.07) is 3.01. The number of carbonyl (C=O) groups excluding carboxylic acids is 1. The maximum Gasteiger partial charge on any atom is 0.237 e. The molecule has 1 fully saturated rings. The van der Waals surface area contributed by atoms with Crippen molar-refractivity contribution in [2.75, 3.05) is 19.6 Å². The number of amides is 1. The van der Waals surface area contributed by atoms with Crippen molar-refractivity contribution in [2.45, 2.75) is 69.9 Å². The second-order valence-corrected chi connectivity index (χ2v) is 8.81. The van der Waals surface area contributed by atoms with Gasteiger partial charge in [0.2, 0.25) is 5.91 Å². The zero-order valence-electron chi connectivity index (χ0n) is 16.1. The van der Waals surface area contributed by atoms with Crippen LogP contribution in [0.2, 0.25) is 0 Å². The van der Waals surface area contributed by atoms with Gasteiger partial charge in [-0.3, -0.25) is 4.79 Å². The van der Waals surface area contributed by atoms with Crippen LogP contribution >= 0.6 is 15.9 Å². The van der Waals surface area contributed by atoms with Gasteiger partial charge in [-0.1, -0.05) is 48.5 Å². The monoisotopic (exact) mass is 440 g/mol. The summed E-state index contributed by atoms with van der Waals surface area (Å²) in [5, 5.41) is 13.7. The van der Waals surface area contributed by atoms with Gasteiger partial charge in [-0.2, -0.15) is 0 Å². The van der Waals surface area contributed by atoms with E-state index in [1.165, 1.54) is 12.5 Å². The fourth-order valence-electron chi connectivity index (χ4n) is 4.53. The number of rotatable bonds is 6. The van der Waals surface area contributed by atoms with E-state index in [1.807, 2.05) is 4.90 Å². The molecule has 1 amide bonds. The molecule has 150 valence electrons. The number of fused-ring (bicyclic) bond motifs is 1. The Hall–Kier alpha value is -0.980. The molecule has 1 aliphatic carbocycles. The summed E-state index contributed by atoms with van der Waals surface area (Å²) in [4.78, 5) is 14.7. The number of halogens is 2. The topological polar surface area (TPSA) is 52.6 Å². The zero-order chi connectivity index (χ0) is 19.4. The van der Waals surface area contributed by atoms with Gasteiger partial charge < -0.3 is 15.3 Å². The number of hydrogen-bond acceptors (Lipinski definition) is 3. The van der Waals surface area contributed by atoms with Gasteiger partial charge >= 0.3 is 0 Å². The Morgan fingerprint density at radius 3 is 2.81 bits per heavy atom. The summed E-state index contributed by atoms with van der Waals surface area (Å²) in [7, 11) is 0. The van der Waals surface area contributed by atoms with Crippen LogP contribution in [-0.4, -0.2) is 41.1 Å². The van der Waals surface area contributed by atoms with Crippen molar-refractivity contribution in [3.05, 3.63) is 33.5 Å². The van der Waals surface area contributed by atoms with Crippen LogP contribution in [0.3, 0.4) is 0 Å². The van der Waals surface area contributed by atoms with Crippen LogP contribution in [-0.2, 0) is 11.2 Å². The quantitative estimate of drug-likeness (QED) is 0.699. The molecule has 1 aliphatic heterocycles. The first kappa shape index (κ1) is 20.7. The predicted octanol–water partition coefficient (Wildman–Crippen LogP) is 4.10. The van der Waals surface area contributed by atoms with Crippen molar-refractivity contribution in [3.63, 3.8) is 0 Å². The Balaban J connectivity index is 1.67. The van der Waals surface area contributed by atoms with Gasteiger partial charge in [-0.25, -0.2) is 4.39 Å². The number of nitrogens with one attached hydrogen (secondary N) is 1. The van der Waals surface area contributed by atoms with Crippen LogP contribution in [0.5, 0.6) is 0 Å². The average Bonchev–Trinajstić information content (AvgIpc) is 2.65. The van der Waals surface area contributed by atoms with Crippen LogP contribution in [0, 0.1) is 5.82 Å². The summed E-state index contributed by atoms with van der Waals surface area (Å²) in [6.45, 7) is 3.29. The van der Waals surface area contributed by atoms with Crippen LogP contribution in [0.25, 0.3) is 0 Å². The number of aliphatic hydroxyl groups is 1. The SMILES string of the molecule is CCCC1c2c(F)ccc(Br)c2CCN1C(=O)CNCC1(O)CCCCC1. The van der Waals surface area contributed by atoms with Crippen molar-refractivity contribution in [3.8, 4) is 0 Å². The lowest BCUT2D eigenvalue weighted by Gasteiger charge is -2.38. The Kier molecular flexibility index (Phi) is 6.93. The summed E-state index contributed by atoms with van der Waals surface area (Å²) in [5.41, 5.74) is 0.964. The molecule has 1 atom stereocenters. The first-order valence-corrected chi connectivity index (χ1v) is 10.9. The molecule has 4 nitrogen and oxygen atoms in total. The number of hydrogen-bond donors (Lipinski definition) is 2. The van der Waals surface area contributed by atoms with Crippen molar-refractivity contribution < 1.29 is 14.3 Å². The molecule has 3 rings (SSSR count). The Labute approximate surface area is 169 Å². The Morgan fingerprint density at radius 2 is 2.11 bits per heavy atom. The standard InChI is InChI=1S/C21H30BrFN2O2/c1-2-6-18-20-15(16(22)7-8-17(20)23)9-12-25(18)19(26)13-24-14-21(27)10-4-3-5-11-21/h7-8,18,24,27H,2-6,9-14H2,1H3. The van der Waals surface area contributed by atoms with Gasteiger partial charge in [-0.05, 0) is 43.4 Å². The fraction of sp³-hybridized carbons (Fsp3) is 0.667. The minimum absolute atomic E-state index is 0.0158. The van der Waals surface area contributed by atoms with E-state index in [1.54, 1.807) is 6.07 Å². The lowest BCUT2D eigenvalue weighted by Crippen LogP contribution is -2.48. The van der Waals surface area contributed by atoms with E-state index in [-0.39, 0.29) is 24.3 Å². The maximum absolute atomic E-state index is 14.6. The van der Waals surface area contributed by atoms with Gasteiger partial charge in [0.05, 0.1) is 18.2 Å². The van der Waals surface area contributed by atoms with E-state index in [4.69, 9.17) is 0 Å². The molecule has 2 aliphatic rings. The molecular formula is C21H30BrFN2O2. The molecule has 1 unspecified atom stereocenters. The van der Waals surface area contributed by atoms with Crippen LogP contribution < -0.4 is 5.32 Å². The Bertz CT molecular complexity index is 676. The third-order valence-electron chi connectivity index (χ3n) is 5.96. The molecule has 1 heterocycles. The predicted molar refractivity (Wildman–Crippen MR) is 108 cm³/mol. The highest BCUT2D eigenvalue weighted by Gasteiger charge is 2.34. The molecule has 0 spiro atoms. The number of carbonyl (C=O) groups is 1. The van der Waals surface area contributed by atoms with Crippen molar-refractivity contribution in [1.29, 1.82) is 0 Å².